The molecule has 23 heavy (non-hydrogen) atoms. The number of hydrogen-bond donors (Lipinski definition) is 2. The minimum atomic E-state index is 0. The number of aliphatic imine (C=N–C) groups is 1. The summed E-state index contributed by atoms with van der Waals surface area (Å²) in [5.41, 5.74) is 2.41. The minimum Gasteiger partial charge on any atom is -0.356 e. The first-order valence-electron chi connectivity index (χ1n) is 7.50. The molecule has 2 N–H and O–H groups in total. The second-order valence-electron chi connectivity index (χ2n) is 5.16. The molecule has 0 bridgehead atoms. The molecule has 6 nitrogen and oxygen atoms in total. The Labute approximate surface area is 158 Å². The lowest BCUT2D eigenvalue weighted by Gasteiger charge is -2.11. The van der Waals surface area contributed by atoms with Gasteiger partial charge in [-0.15, -0.1) is 35.3 Å². The van der Waals surface area contributed by atoms with Crippen molar-refractivity contribution in [2.24, 2.45) is 12.0 Å². The highest BCUT2D eigenvalue weighted by Gasteiger charge is 2.01. The van der Waals surface area contributed by atoms with Gasteiger partial charge in [0.05, 0.1) is 16.9 Å². The third-order valence-electron chi connectivity index (χ3n) is 3.26. The largest absolute Gasteiger partial charge is 0.356 e. The van der Waals surface area contributed by atoms with Crippen LogP contribution in [0.15, 0.2) is 22.8 Å². The quantitative estimate of drug-likeness (QED) is 0.295. The van der Waals surface area contributed by atoms with Crippen molar-refractivity contribution in [2.75, 3.05) is 20.1 Å². The second kappa shape index (κ2) is 10.6. The summed E-state index contributed by atoms with van der Waals surface area (Å²) in [6.07, 6.45) is 6.97. The van der Waals surface area contributed by atoms with Gasteiger partial charge in [0.25, 0.3) is 0 Å². The Balaban J connectivity index is 0.00000264. The summed E-state index contributed by atoms with van der Waals surface area (Å²) in [6, 6.07) is 0. The average Bonchev–Trinajstić information content (AvgIpc) is 3.10. The Morgan fingerprint density at radius 3 is 2.70 bits per heavy atom. The van der Waals surface area contributed by atoms with E-state index < -0.39 is 0 Å². The van der Waals surface area contributed by atoms with Crippen LogP contribution in [0.3, 0.4) is 0 Å². The van der Waals surface area contributed by atoms with Crippen molar-refractivity contribution >= 4 is 41.3 Å². The SMILES string of the molecule is CN=C(NCCCc1cnn(C)c1)NCCc1csc(C)n1.I. The molecule has 0 atom stereocenters. The van der Waals surface area contributed by atoms with E-state index in [1.165, 1.54) is 5.56 Å². The predicted molar refractivity (Wildman–Crippen MR) is 107 cm³/mol. The molecule has 0 saturated carbocycles. The Morgan fingerprint density at radius 2 is 2.09 bits per heavy atom. The maximum Gasteiger partial charge on any atom is 0.190 e. The zero-order chi connectivity index (χ0) is 15.8. The molecule has 0 unspecified atom stereocenters. The van der Waals surface area contributed by atoms with E-state index in [1.54, 1.807) is 18.4 Å². The van der Waals surface area contributed by atoms with Crippen LogP contribution in [0, 0.1) is 6.92 Å². The van der Waals surface area contributed by atoms with Gasteiger partial charge in [0.1, 0.15) is 0 Å². The first-order valence-corrected chi connectivity index (χ1v) is 8.38. The molecule has 2 rings (SSSR count). The van der Waals surface area contributed by atoms with E-state index in [-0.39, 0.29) is 24.0 Å². The second-order valence-corrected chi connectivity index (χ2v) is 6.22. The van der Waals surface area contributed by atoms with E-state index in [1.807, 2.05) is 24.9 Å². The summed E-state index contributed by atoms with van der Waals surface area (Å²) in [5, 5.41) is 14.1. The highest BCUT2D eigenvalue weighted by atomic mass is 127. The third kappa shape index (κ3) is 7.30. The Bertz CT molecular complexity index is 607. The molecule has 8 heteroatoms. The summed E-state index contributed by atoms with van der Waals surface area (Å²) in [4.78, 5) is 8.69. The van der Waals surface area contributed by atoms with Crippen molar-refractivity contribution in [3.05, 3.63) is 34.0 Å². The van der Waals surface area contributed by atoms with Gasteiger partial charge in [-0.25, -0.2) is 4.98 Å². The topological polar surface area (TPSA) is 67.1 Å². The summed E-state index contributed by atoms with van der Waals surface area (Å²) in [6.45, 7) is 3.76. The van der Waals surface area contributed by atoms with Gasteiger partial charge in [0, 0.05) is 45.2 Å². The molecule has 0 spiro atoms. The van der Waals surface area contributed by atoms with Gasteiger partial charge < -0.3 is 10.6 Å². The molecule has 2 aromatic heterocycles. The first kappa shape index (κ1) is 19.9. The van der Waals surface area contributed by atoms with Crippen molar-refractivity contribution in [3.8, 4) is 0 Å². The van der Waals surface area contributed by atoms with Crippen LogP contribution in [-0.4, -0.2) is 40.9 Å². The molecular weight excluding hydrogens is 423 g/mol. The molecule has 2 heterocycles. The van der Waals surface area contributed by atoms with Crippen LogP contribution < -0.4 is 10.6 Å². The van der Waals surface area contributed by atoms with Crippen LogP contribution in [-0.2, 0) is 19.9 Å². The van der Waals surface area contributed by atoms with E-state index in [0.717, 1.165) is 49.0 Å². The molecule has 0 saturated heterocycles. The molecule has 128 valence electrons. The molecule has 0 aromatic carbocycles. The van der Waals surface area contributed by atoms with Crippen LogP contribution in [0.1, 0.15) is 22.7 Å². The van der Waals surface area contributed by atoms with Crippen LogP contribution in [0.2, 0.25) is 0 Å². The van der Waals surface area contributed by atoms with E-state index in [9.17, 15) is 0 Å². The maximum atomic E-state index is 4.45. The van der Waals surface area contributed by atoms with E-state index in [0.29, 0.717) is 0 Å². The zero-order valence-electron chi connectivity index (χ0n) is 13.9. The van der Waals surface area contributed by atoms with Crippen molar-refractivity contribution in [1.82, 2.24) is 25.4 Å². The molecule has 2 aromatic rings. The molecule has 0 aliphatic carbocycles. The van der Waals surface area contributed by atoms with Gasteiger partial charge in [0.15, 0.2) is 5.96 Å². The van der Waals surface area contributed by atoms with E-state index in [2.05, 4.69) is 37.3 Å². The average molecular weight is 448 g/mol. The van der Waals surface area contributed by atoms with Gasteiger partial charge in [-0.05, 0) is 25.3 Å². The molecule has 0 amide bonds. The number of aromatic nitrogens is 3. The number of nitrogens with one attached hydrogen (secondary N) is 2. The maximum absolute atomic E-state index is 4.45. The lowest BCUT2D eigenvalue weighted by Crippen LogP contribution is -2.38. The standard InChI is InChI=1S/C15H24N6S.HI/c1-12-20-14(11-22-12)6-8-18-15(16-2)17-7-4-5-13-9-19-21(3)10-13;/h9-11H,4-8H2,1-3H3,(H2,16,17,18);1H. The fourth-order valence-corrected chi connectivity index (χ4v) is 2.80. The number of guanidine groups is 1. The van der Waals surface area contributed by atoms with Crippen molar-refractivity contribution in [1.29, 1.82) is 0 Å². The smallest absolute Gasteiger partial charge is 0.190 e. The predicted octanol–water partition coefficient (Wildman–Crippen LogP) is 2.14. The number of hydrogen-bond acceptors (Lipinski definition) is 4. The normalized spacial score (nSPS) is 11.2. The molecule has 0 aliphatic rings. The number of nitrogens with zero attached hydrogens (tertiary/aromatic N) is 4. The third-order valence-corrected chi connectivity index (χ3v) is 4.08. The monoisotopic (exact) mass is 448 g/mol. The van der Waals surface area contributed by atoms with Crippen LogP contribution in [0.4, 0.5) is 0 Å². The molecule has 0 aliphatic heterocycles. The Morgan fingerprint density at radius 1 is 1.30 bits per heavy atom. The van der Waals surface area contributed by atoms with Gasteiger partial charge in [-0.1, -0.05) is 0 Å². The van der Waals surface area contributed by atoms with E-state index >= 15 is 0 Å². The fraction of sp³-hybridized carbons (Fsp3) is 0.533. The van der Waals surface area contributed by atoms with Crippen molar-refractivity contribution < 1.29 is 0 Å². The van der Waals surface area contributed by atoms with Gasteiger partial charge in [0.2, 0.25) is 0 Å². The summed E-state index contributed by atoms with van der Waals surface area (Å²) in [5.74, 6) is 0.845. The molecule has 0 radical (unpaired) electrons. The number of rotatable bonds is 7. The van der Waals surface area contributed by atoms with E-state index in [4.69, 9.17) is 0 Å². The van der Waals surface area contributed by atoms with Crippen LogP contribution in [0.25, 0.3) is 0 Å². The summed E-state index contributed by atoms with van der Waals surface area (Å²) < 4.78 is 1.84. The van der Waals surface area contributed by atoms with Gasteiger partial charge >= 0.3 is 0 Å². The number of halogens is 1. The molecule has 0 fully saturated rings. The van der Waals surface area contributed by atoms with Gasteiger partial charge in [-0.3, -0.25) is 9.67 Å². The molecular formula is C15H25IN6S. The minimum absolute atomic E-state index is 0. The highest BCUT2D eigenvalue weighted by molar-refractivity contribution is 14.0. The lowest BCUT2D eigenvalue weighted by molar-refractivity contribution is 0.734. The summed E-state index contributed by atoms with van der Waals surface area (Å²) >= 11 is 1.69. The number of aryl methyl sites for hydroxylation is 3. The fourth-order valence-electron chi connectivity index (χ4n) is 2.15. The van der Waals surface area contributed by atoms with Crippen LogP contribution >= 0.6 is 35.3 Å². The van der Waals surface area contributed by atoms with Crippen molar-refractivity contribution in [2.45, 2.75) is 26.2 Å². The zero-order valence-corrected chi connectivity index (χ0v) is 17.0. The number of thiazole rings is 1. The Kier molecular flexibility index (Phi) is 9.15. The van der Waals surface area contributed by atoms with Gasteiger partial charge in [-0.2, -0.15) is 5.10 Å². The summed E-state index contributed by atoms with van der Waals surface area (Å²) in [7, 11) is 3.74. The van der Waals surface area contributed by atoms with Crippen molar-refractivity contribution in [3.63, 3.8) is 0 Å². The lowest BCUT2D eigenvalue weighted by atomic mass is 10.2. The van der Waals surface area contributed by atoms with Crippen LogP contribution in [0.5, 0.6) is 0 Å². The highest BCUT2D eigenvalue weighted by Crippen LogP contribution is 2.07. The Hall–Kier alpha value is -1.16. The first-order chi connectivity index (χ1) is 10.7.